The molecule has 1 aromatic rings. The molecule has 0 saturated carbocycles. The monoisotopic (exact) mass is 309 g/mol. The van der Waals surface area contributed by atoms with E-state index in [9.17, 15) is 0 Å². The summed E-state index contributed by atoms with van der Waals surface area (Å²) in [5, 5.41) is 3.78. The molecule has 18 heavy (non-hydrogen) atoms. The Hall–Kier alpha value is -0.380. The lowest BCUT2D eigenvalue weighted by Crippen LogP contribution is -2.45. The molecule has 1 aliphatic heterocycles. The van der Waals surface area contributed by atoms with E-state index in [1.165, 1.54) is 47.7 Å². The van der Waals surface area contributed by atoms with Crippen LogP contribution in [0.15, 0.2) is 22.7 Å². The quantitative estimate of drug-likeness (QED) is 0.906. The number of rotatable bonds is 2. The molecule has 1 fully saturated rings. The fourth-order valence-corrected chi connectivity index (χ4v) is 3.48. The zero-order valence-corrected chi connectivity index (χ0v) is 12.2. The highest BCUT2D eigenvalue weighted by molar-refractivity contribution is 9.10. The Kier molecular flexibility index (Phi) is 4.02. The van der Waals surface area contributed by atoms with Crippen molar-refractivity contribution in [3.8, 4) is 0 Å². The van der Waals surface area contributed by atoms with Crippen molar-refractivity contribution >= 4 is 15.9 Å². The van der Waals surface area contributed by atoms with Gasteiger partial charge in [-0.1, -0.05) is 22.0 Å². The summed E-state index contributed by atoms with van der Waals surface area (Å²) >= 11 is 3.55. The molecule has 2 nitrogen and oxygen atoms in total. The predicted molar refractivity (Wildman–Crippen MR) is 76.9 cm³/mol. The van der Waals surface area contributed by atoms with Gasteiger partial charge in [0.15, 0.2) is 0 Å². The normalized spacial score (nSPS) is 27.8. The van der Waals surface area contributed by atoms with Crippen LogP contribution in [0.3, 0.4) is 0 Å². The number of benzene rings is 1. The highest BCUT2D eigenvalue weighted by Gasteiger charge is 2.22. The highest BCUT2D eigenvalue weighted by atomic mass is 79.9. The van der Waals surface area contributed by atoms with Crippen molar-refractivity contribution in [2.75, 3.05) is 13.2 Å². The average molecular weight is 310 g/mol. The molecule has 98 valence electrons. The third-order valence-electron chi connectivity index (χ3n) is 4.03. The van der Waals surface area contributed by atoms with Crippen molar-refractivity contribution in [2.24, 2.45) is 0 Å². The second-order valence-corrected chi connectivity index (χ2v) is 6.35. The number of hydrogen-bond acceptors (Lipinski definition) is 2. The van der Waals surface area contributed by atoms with E-state index in [4.69, 9.17) is 4.74 Å². The van der Waals surface area contributed by atoms with Crippen molar-refractivity contribution in [3.63, 3.8) is 0 Å². The Bertz CT molecular complexity index is 415. The van der Waals surface area contributed by atoms with E-state index in [-0.39, 0.29) is 0 Å². The van der Waals surface area contributed by atoms with Crippen molar-refractivity contribution in [2.45, 2.75) is 44.2 Å². The first-order valence-electron chi connectivity index (χ1n) is 6.92. The Labute approximate surface area is 117 Å². The molecular formula is C15H20BrNO. The van der Waals surface area contributed by atoms with Crippen LogP contribution in [0.25, 0.3) is 0 Å². The molecule has 1 saturated heterocycles. The van der Waals surface area contributed by atoms with Crippen LogP contribution >= 0.6 is 15.9 Å². The van der Waals surface area contributed by atoms with Crippen molar-refractivity contribution < 1.29 is 4.74 Å². The number of fused-ring (bicyclic) bond motifs is 1. The zero-order chi connectivity index (χ0) is 12.4. The van der Waals surface area contributed by atoms with Gasteiger partial charge in [0.25, 0.3) is 0 Å². The van der Waals surface area contributed by atoms with E-state index >= 15 is 0 Å². The van der Waals surface area contributed by atoms with Gasteiger partial charge < -0.3 is 10.1 Å². The molecule has 1 N–H and O–H groups in total. The van der Waals surface area contributed by atoms with Gasteiger partial charge in [-0.15, -0.1) is 0 Å². The summed E-state index contributed by atoms with van der Waals surface area (Å²) in [6.45, 7) is 1.84. The summed E-state index contributed by atoms with van der Waals surface area (Å²) < 4.78 is 6.74. The predicted octanol–water partition coefficient (Wildman–Crippen LogP) is 3.08. The van der Waals surface area contributed by atoms with Gasteiger partial charge in [-0.25, -0.2) is 0 Å². The van der Waals surface area contributed by atoms with Crippen LogP contribution < -0.4 is 5.32 Å². The SMILES string of the molecule is Brc1ccc2c(c1)CCC(NC1CCCOC1)C2. The van der Waals surface area contributed by atoms with Gasteiger partial charge in [0.1, 0.15) is 0 Å². The summed E-state index contributed by atoms with van der Waals surface area (Å²) in [5.74, 6) is 0. The lowest BCUT2D eigenvalue weighted by molar-refractivity contribution is 0.0656. The molecule has 2 unspecified atom stereocenters. The molecule has 3 rings (SSSR count). The molecular weight excluding hydrogens is 290 g/mol. The summed E-state index contributed by atoms with van der Waals surface area (Å²) in [6, 6.07) is 7.90. The molecule has 1 aromatic carbocycles. The fourth-order valence-electron chi connectivity index (χ4n) is 3.07. The molecule has 0 spiro atoms. The Morgan fingerprint density at radius 1 is 1.17 bits per heavy atom. The molecule has 3 heteroatoms. The maximum atomic E-state index is 5.54. The first-order valence-corrected chi connectivity index (χ1v) is 7.71. The van der Waals surface area contributed by atoms with Crippen LogP contribution in [0, 0.1) is 0 Å². The smallest absolute Gasteiger partial charge is 0.0619 e. The first-order chi connectivity index (χ1) is 8.81. The topological polar surface area (TPSA) is 21.3 Å². The summed E-state index contributed by atoms with van der Waals surface area (Å²) in [5.41, 5.74) is 3.03. The largest absolute Gasteiger partial charge is 0.380 e. The van der Waals surface area contributed by atoms with Crippen LogP contribution in [0.2, 0.25) is 0 Å². The lowest BCUT2D eigenvalue weighted by atomic mass is 9.88. The number of nitrogens with one attached hydrogen (secondary N) is 1. The van der Waals surface area contributed by atoms with Crippen LogP contribution in [0.4, 0.5) is 0 Å². The van der Waals surface area contributed by atoms with E-state index in [0.717, 1.165) is 13.2 Å². The van der Waals surface area contributed by atoms with Gasteiger partial charge in [-0.2, -0.15) is 0 Å². The van der Waals surface area contributed by atoms with Gasteiger partial charge in [0, 0.05) is 23.2 Å². The summed E-state index contributed by atoms with van der Waals surface area (Å²) in [6.07, 6.45) is 6.08. The maximum absolute atomic E-state index is 5.54. The molecule has 2 aliphatic rings. The molecule has 2 atom stereocenters. The average Bonchev–Trinajstić information content (AvgIpc) is 2.40. The van der Waals surface area contributed by atoms with Gasteiger partial charge >= 0.3 is 0 Å². The third kappa shape index (κ3) is 2.95. The standard InChI is InChI=1S/C15H20BrNO/c16-13-5-3-12-9-14(6-4-11(12)8-13)17-15-2-1-7-18-10-15/h3,5,8,14-15,17H,1-2,4,6-7,9-10H2. The van der Waals surface area contributed by atoms with Crippen molar-refractivity contribution in [1.82, 2.24) is 5.32 Å². The van der Waals surface area contributed by atoms with E-state index in [1.807, 2.05) is 0 Å². The molecule has 0 bridgehead atoms. The second-order valence-electron chi connectivity index (χ2n) is 5.43. The fraction of sp³-hybridized carbons (Fsp3) is 0.600. The van der Waals surface area contributed by atoms with E-state index in [2.05, 4.69) is 39.4 Å². The van der Waals surface area contributed by atoms with Gasteiger partial charge in [-0.05, 0) is 55.4 Å². The maximum Gasteiger partial charge on any atom is 0.0619 e. The number of halogens is 1. The van der Waals surface area contributed by atoms with Crippen LogP contribution in [0.5, 0.6) is 0 Å². The Morgan fingerprint density at radius 3 is 2.94 bits per heavy atom. The minimum absolute atomic E-state index is 0.570. The summed E-state index contributed by atoms with van der Waals surface area (Å²) in [7, 11) is 0. The molecule has 1 aliphatic carbocycles. The van der Waals surface area contributed by atoms with Gasteiger partial charge in [-0.3, -0.25) is 0 Å². The highest BCUT2D eigenvalue weighted by Crippen LogP contribution is 2.25. The minimum atomic E-state index is 0.570. The van der Waals surface area contributed by atoms with Gasteiger partial charge in [0.05, 0.1) is 6.61 Å². The summed E-state index contributed by atoms with van der Waals surface area (Å²) in [4.78, 5) is 0. The molecule has 0 aromatic heterocycles. The van der Waals surface area contributed by atoms with E-state index in [0.29, 0.717) is 12.1 Å². The third-order valence-corrected chi connectivity index (χ3v) is 4.52. The minimum Gasteiger partial charge on any atom is -0.380 e. The molecule has 1 heterocycles. The molecule has 0 amide bonds. The van der Waals surface area contributed by atoms with Crippen LogP contribution in [-0.4, -0.2) is 25.3 Å². The number of aryl methyl sites for hydroxylation is 1. The lowest BCUT2D eigenvalue weighted by Gasteiger charge is -2.31. The van der Waals surface area contributed by atoms with Crippen LogP contribution in [-0.2, 0) is 17.6 Å². The van der Waals surface area contributed by atoms with Crippen molar-refractivity contribution in [1.29, 1.82) is 0 Å². The van der Waals surface area contributed by atoms with E-state index < -0.39 is 0 Å². The Balaban J connectivity index is 1.62. The first kappa shape index (κ1) is 12.6. The van der Waals surface area contributed by atoms with E-state index in [1.54, 1.807) is 0 Å². The zero-order valence-electron chi connectivity index (χ0n) is 10.6. The number of hydrogen-bond donors (Lipinski definition) is 1. The van der Waals surface area contributed by atoms with Crippen LogP contribution in [0.1, 0.15) is 30.4 Å². The molecule has 0 radical (unpaired) electrons. The Morgan fingerprint density at radius 2 is 2.11 bits per heavy atom. The van der Waals surface area contributed by atoms with Gasteiger partial charge in [0.2, 0.25) is 0 Å². The number of ether oxygens (including phenoxy) is 1. The van der Waals surface area contributed by atoms with Crippen molar-refractivity contribution in [3.05, 3.63) is 33.8 Å². The second kappa shape index (κ2) is 5.72.